The van der Waals surface area contributed by atoms with Gasteiger partial charge in [0, 0.05) is 12.1 Å². The van der Waals surface area contributed by atoms with Crippen molar-refractivity contribution in [3.8, 4) is 0 Å². The Bertz CT molecular complexity index is 784. The van der Waals surface area contributed by atoms with E-state index in [2.05, 4.69) is 0 Å². The summed E-state index contributed by atoms with van der Waals surface area (Å²) in [7, 11) is 0. The number of hydrogen-bond donors (Lipinski definition) is 2. The van der Waals surface area contributed by atoms with Gasteiger partial charge < -0.3 is 15.1 Å². The molecule has 0 aliphatic carbocycles. The first-order valence-electron chi connectivity index (χ1n) is 7.64. The molecule has 0 saturated carbocycles. The third kappa shape index (κ3) is 2.70. The average Bonchev–Trinajstić information content (AvgIpc) is 2.88. The van der Waals surface area contributed by atoms with Crippen molar-refractivity contribution in [1.29, 1.82) is 0 Å². The quantitative estimate of drug-likeness (QED) is 0.513. The van der Waals surface area contributed by atoms with Crippen molar-refractivity contribution in [2.24, 2.45) is 0 Å². The molecule has 3 rings (SSSR count). The minimum atomic E-state index is -0.737. The van der Waals surface area contributed by atoms with Crippen LogP contribution in [0.25, 0.3) is 5.76 Å². The molecule has 2 aromatic rings. The largest absolute Gasteiger partial charge is 0.507 e. The first-order valence-corrected chi connectivity index (χ1v) is 7.64. The van der Waals surface area contributed by atoms with Gasteiger partial charge in [-0.15, -0.1) is 0 Å². The van der Waals surface area contributed by atoms with E-state index in [9.17, 15) is 19.8 Å². The molecule has 2 aromatic carbocycles. The summed E-state index contributed by atoms with van der Waals surface area (Å²) in [6.45, 7) is -0.239. The Morgan fingerprint density at radius 3 is 2.12 bits per heavy atom. The standard InChI is InChI=1S/C19H17NO4/c21-12-11-20-16(13-7-3-1-4-8-13)15(18(23)19(20)24)17(22)14-9-5-2-6-10-14/h1-10,16,21-22H,11-12H2/t16-/m1/s1. The molecule has 1 fully saturated rings. The number of benzene rings is 2. The molecule has 0 bridgehead atoms. The number of ketones is 1. The summed E-state index contributed by atoms with van der Waals surface area (Å²) in [6.07, 6.45) is 0. The first-order chi connectivity index (χ1) is 11.6. The highest BCUT2D eigenvalue weighted by molar-refractivity contribution is 6.46. The maximum absolute atomic E-state index is 12.5. The SMILES string of the molecule is O=C1C(=O)N(CCO)[C@H](c2ccccc2)C1=C(O)c1ccccc1. The predicted molar refractivity (Wildman–Crippen MR) is 89.0 cm³/mol. The number of likely N-dealkylation sites (tertiary alicyclic amines) is 1. The van der Waals surface area contributed by atoms with Crippen LogP contribution < -0.4 is 0 Å². The maximum atomic E-state index is 12.5. The van der Waals surface area contributed by atoms with Gasteiger partial charge in [0.1, 0.15) is 5.76 Å². The number of Topliss-reactive ketones (excluding diaryl/α,β-unsaturated/α-hetero) is 1. The van der Waals surface area contributed by atoms with E-state index in [0.717, 1.165) is 0 Å². The van der Waals surface area contributed by atoms with Crippen LogP contribution in [0.1, 0.15) is 17.2 Å². The van der Waals surface area contributed by atoms with Crippen LogP contribution in [-0.4, -0.2) is 40.0 Å². The summed E-state index contributed by atoms with van der Waals surface area (Å²) >= 11 is 0. The molecule has 122 valence electrons. The zero-order chi connectivity index (χ0) is 17.1. The molecule has 0 spiro atoms. The van der Waals surface area contributed by atoms with E-state index in [0.29, 0.717) is 11.1 Å². The molecule has 24 heavy (non-hydrogen) atoms. The zero-order valence-electron chi connectivity index (χ0n) is 12.9. The summed E-state index contributed by atoms with van der Waals surface area (Å²) in [5, 5.41) is 19.9. The molecule has 5 heteroatoms. The number of amides is 1. The van der Waals surface area contributed by atoms with Crippen molar-refractivity contribution in [3.63, 3.8) is 0 Å². The first kappa shape index (κ1) is 16.0. The smallest absolute Gasteiger partial charge is 0.295 e. The van der Waals surface area contributed by atoms with E-state index in [1.807, 2.05) is 6.07 Å². The fraction of sp³-hybridized carbons (Fsp3) is 0.158. The molecule has 2 N–H and O–H groups in total. The van der Waals surface area contributed by atoms with Crippen LogP contribution in [0.2, 0.25) is 0 Å². The van der Waals surface area contributed by atoms with Gasteiger partial charge in [0.2, 0.25) is 0 Å². The molecule has 5 nitrogen and oxygen atoms in total. The van der Waals surface area contributed by atoms with Crippen LogP contribution in [0.15, 0.2) is 66.2 Å². The number of aliphatic hydroxyl groups excluding tert-OH is 2. The molecule has 0 unspecified atom stereocenters. The van der Waals surface area contributed by atoms with Crippen molar-refractivity contribution in [2.75, 3.05) is 13.2 Å². The molecular formula is C19H17NO4. The van der Waals surface area contributed by atoms with Crippen molar-refractivity contribution in [2.45, 2.75) is 6.04 Å². The Kier molecular flexibility index (Phi) is 4.44. The molecule has 1 heterocycles. The number of β-amino-alcohol motifs (C(OH)–C–C–N with tert-alkyl or cyclic N) is 1. The van der Waals surface area contributed by atoms with Gasteiger partial charge in [0.15, 0.2) is 0 Å². The lowest BCUT2D eigenvalue weighted by Crippen LogP contribution is -2.32. The Hall–Kier alpha value is -2.92. The van der Waals surface area contributed by atoms with Gasteiger partial charge >= 0.3 is 0 Å². The molecule has 1 amide bonds. The van der Waals surface area contributed by atoms with Crippen LogP contribution in [-0.2, 0) is 9.59 Å². The van der Waals surface area contributed by atoms with Crippen LogP contribution in [0.4, 0.5) is 0 Å². The zero-order valence-corrected chi connectivity index (χ0v) is 12.9. The van der Waals surface area contributed by atoms with Gasteiger partial charge in [-0.05, 0) is 5.56 Å². The fourth-order valence-corrected chi connectivity index (χ4v) is 2.95. The Labute approximate surface area is 139 Å². The summed E-state index contributed by atoms with van der Waals surface area (Å²) in [4.78, 5) is 26.1. The van der Waals surface area contributed by atoms with Gasteiger partial charge in [-0.2, -0.15) is 0 Å². The second-order valence-electron chi connectivity index (χ2n) is 5.49. The molecule has 0 radical (unpaired) electrons. The molecular weight excluding hydrogens is 306 g/mol. The van der Waals surface area contributed by atoms with Crippen molar-refractivity contribution < 1.29 is 19.8 Å². The molecule has 1 aliphatic rings. The molecule has 1 atom stereocenters. The van der Waals surface area contributed by atoms with E-state index in [1.165, 1.54) is 4.90 Å². The highest BCUT2D eigenvalue weighted by Crippen LogP contribution is 2.38. The topological polar surface area (TPSA) is 77.8 Å². The van der Waals surface area contributed by atoms with Gasteiger partial charge in [0.05, 0.1) is 18.2 Å². The van der Waals surface area contributed by atoms with Crippen LogP contribution >= 0.6 is 0 Å². The Morgan fingerprint density at radius 2 is 1.54 bits per heavy atom. The lowest BCUT2D eigenvalue weighted by molar-refractivity contribution is -0.140. The van der Waals surface area contributed by atoms with E-state index in [1.54, 1.807) is 54.6 Å². The third-order valence-corrected chi connectivity index (χ3v) is 4.04. The van der Waals surface area contributed by atoms with Crippen LogP contribution in [0.3, 0.4) is 0 Å². The summed E-state index contributed by atoms with van der Waals surface area (Å²) in [5.41, 5.74) is 1.23. The van der Waals surface area contributed by atoms with Crippen LogP contribution in [0.5, 0.6) is 0 Å². The van der Waals surface area contributed by atoms with E-state index in [4.69, 9.17) is 0 Å². The van der Waals surface area contributed by atoms with Crippen molar-refractivity contribution in [1.82, 2.24) is 4.90 Å². The van der Waals surface area contributed by atoms with E-state index >= 15 is 0 Å². The number of carbonyl (C=O) groups excluding carboxylic acids is 2. The number of hydrogen-bond acceptors (Lipinski definition) is 4. The Morgan fingerprint density at radius 1 is 0.958 bits per heavy atom. The van der Waals surface area contributed by atoms with Gasteiger partial charge in [-0.3, -0.25) is 9.59 Å². The Balaban J connectivity index is 2.18. The average molecular weight is 323 g/mol. The maximum Gasteiger partial charge on any atom is 0.295 e. The lowest BCUT2D eigenvalue weighted by Gasteiger charge is -2.24. The summed E-state index contributed by atoms with van der Waals surface area (Å²) in [6, 6.07) is 17.0. The predicted octanol–water partition coefficient (Wildman–Crippen LogP) is 2.10. The van der Waals surface area contributed by atoms with Crippen molar-refractivity contribution >= 4 is 17.4 Å². The second kappa shape index (κ2) is 6.68. The summed E-state index contributed by atoms with van der Waals surface area (Å²) < 4.78 is 0. The van der Waals surface area contributed by atoms with Gasteiger partial charge in [-0.25, -0.2) is 0 Å². The summed E-state index contributed by atoms with van der Waals surface area (Å²) in [5.74, 6) is -1.66. The van der Waals surface area contributed by atoms with E-state index in [-0.39, 0.29) is 24.5 Å². The number of aliphatic hydroxyl groups is 2. The third-order valence-electron chi connectivity index (χ3n) is 4.04. The van der Waals surface area contributed by atoms with E-state index < -0.39 is 17.7 Å². The highest BCUT2D eigenvalue weighted by atomic mass is 16.3. The number of rotatable bonds is 4. The van der Waals surface area contributed by atoms with Gasteiger partial charge in [0.25, 0.3) is 11.7 Å². The molecule has 0 aromatic heterocycles. The second-order valence-corrected chi connectivity index (χ2v) is 5.49. The van der Waals surface area contributed by atoms with Crippen LogP contribution in [0, 0.1) is 0 Å². The lowest BCUT2D eigenvalue weighted by atomic mass is 9.95. The number of carbonyl (C=O) groups is 2. The fourth-order valence-electron chi connectivity index (χ4n) is 2.95. The highest BCUT2D eigenvalue weighted by Gasteiger charge is 2.45. The minimum absolute atomic E-state index is 0.0235. The van der Waals surface area contributed by atoms with Crippen molar-refractivity contribution in [3.05, 3.63) is 77.4 Å². The minimum Gasteiger partial charge on any atom is -0.507 e. The molecule has 1 aliphatic heterocycles. The molecule has 1 saturated heterocycles. The number of nitrogens with zero attached hydrogens (tertiary/aromatic N) is 1. The normalized spacial score (nSPS) is 19.7. The monoisotopic (exact) mass is 323 g/mol. The van der Waals surface area contributed by atoms with Gasteiger partial charge in [-0.1, -0.05) is 60.7 Å².